The number of aromatic nitrogens is 2. The molecule has 0 aliphatic carbocycles. The van der Waals surface area contributed by atoms with Gasteiger partial charge in [0, 0.05) is 25.8 Å². The highest BCUT2D eigenvalue weighted by Crippen LogP contribution is 2.16. The van der Waals surface area contributed by atoms with Crippen molar-refractivity contribution < 1.29 is 13.5 Å². The first kappa shape index (κ1) is 16.4. The minimum absolute atomic E-state index is 0.0520. The molecule has 2 heterocycles. The molecule has 2 rings (SSSR count). The zero-order chi connectivity index (χ0) is 15.3. The van der Waals surface area contributed by atoms with Crippen molar-refractivity contribution in [2.24, 2.45) is 7.05 Å². The fraction of sp³-hybridized carbons (Fsp3) is 0.769. The fourth-order valence-electron chi connectivity index (χ4n) is 2.65. The van der Waals surface area contributed by atoms with Crippen molar-refractivity contribution >= 4 is 10.0 Å². The minimum atomic E-state index is -3.51. The van der Waals surface area contributed by atoms with Gasteiger partial charge in [0.2, 0.25) is 0 Å². The summed E-state index contributed by atoms with van der Waals surface area (Å²) in [6.45, 7) is 2.35. The van der Waals surface area contributed by atoms with Crippen LogP contribution in [-0.2, 0) is 17.1 Å². The molecule has 120 valence electrons. The standard InChI is InChI=1S/C13H24N4O3S/c1-16-9-13(14-11-16)21(19,20)15-6-4-8-17-7-3-2-5-12(17)10-18/h9,11-12,15,18H,2-8,10H2,1H3. The molecule has 0 spiro atoms. The number of aliphatic hydroxyl groups excluding tert-OH is 1. The first-order valence-corrected chi connectivity index (χ1v) is 8.84. The highest BCUT2D eigenvalue weighted by atomic mass is 32.2. The molecule has 2 N–H and O–H groups in total. The lowest BCUT2D eigenvalue weighted by Crippen LogP contribution is -2.43. The quantitative estimate of drug-likeness (QED) is 0.688. The number of likely N-dealkylation sites (tertiary alicyclic amines) is 1. The molecule has 0 bridgehead atoms. The van der Waals surface area contributed by atoms with Gasteiger partial charge in [0.25, 0.3) is 10.0 Å². The number of sulfonamides is 1. The molecule has 1 aromatic heterocycles. The maximum Gasteiger partial charge on any atom is 0.259 e. The van der Waals surface area contributed by atoms with Crippen molar-refractivity contribution in [1.82, 2.24) is 19.2 Å². The van der Waals surface area contributed by atoms with Crippen molar-refractivity contribution in [2.45, 2.75) is 36.8 Å². The molecule has 1 fully saturated rings. The molecule has 21 heavy (non-hydrogen) atoms. The molecule has 1 aromatic rings. The smallest absolute Gasteiger partial charge is 0.259 e. The van der Waals surface area contributed by atoms with Crippen LogP contribution in [-0.4, -0.2) is 60.3 Å². The van der Waals surface area contributed by atoms with Crippen molar-refractivity contribution in [1.29, 1.82) is 0 Å². The van der Waals surface area contributed by atoms with Gasteiger partial charge in [-0.3, -0.25) is 4.90 Å². The average Bonchev–Trinajstić information content (AvgIpc) is 2.91. The first-order valence-electron chi connectivity index (χ1n) is 7.35. The van der Waals surface area contributed by atoms with Crippen molar-refractivity contribution in [3.8, 4) is 0 Å². The van der Waals surface area contributed by atoms with Crippen molar-refractivity contribution in [3.05, 3.63) is 12.5 Å². The Labute approximate surface area is 126 Å². The Morgan fingerprint density at radius 2 is 2.29 bits per heavy atom. The molecule has 7 nitrogen and oxygen atoms in total. The van der Waals surface area contributed by atoms with Gasteiger partial charge in [0.15, 0.2) is 5.03 Å². The topological polar surface area (TPSA) is 87.5 Å². The number of aliphatic hydroxyl groups is 1. The summed E-state index contributed by atoms with van der Waals surface area (Å²) in [4.78, 5) is 6.10. The van der Waals surface area contributed by atoms with Crippen LogP contribution in [0.5, 0.6) is 0 Å². The van der Waals surface area contributed by atoms with Crippen molar-refractivity contribution in [2.75, 3.05) is 26.2 Å². The molecule has 0 radical (unpaired) electrons. The normalized spacial score (nSPS) is 20.8. The number of aryl methyl sites for hydroxylation is 1. The van der Waals surface area contributed by atoms with Crippen molar-refractivity contribution in [3.63, 3.8) is 0 Å². The van der Waals surface area contributed by atoms with E-state index >= 15 is 0 Å². The number of rotatable bonds is 7. The number of hydrogen-bond donors (Lipinski definition) is 2. The summed E-state index contributed by atoms with van der Waals surface area (Å²) < 4.78 is 28.1. The Morgan fingerprint density at radius 1 is 1.48 bits per heavy atom. The second-order valence-corrected chi connectivity index (χ2v) is 7.21. The van der Waals surface area contributed by atoms with E-state index in [0.29, 0.717) is 6.54 Å². The molecular formula is C13H24N4O3S. The molecule has 1 unspecified atom stereocenters. The van der Waals surface area contributed by atoms with Crippen LogP contribution in [0.25, 0.3) is 0 Å². The lowest BCUT2D eigenvalue weighted by atomic mass is 10.0. The summed E-state index contributed by atoms with van der Waals surface area (Å²) >= 11 is 0. The molecular weight excluding hydrogens is 292 g/mol. The van der Waals surface area contributed by atoms with Crippen LogP contribution in [0.4, 0.5) is 0 Å². The summed E-state index contributed by atoms with van der Waals surface area (Å²) in [5.41, 5.74) is 0. The molecule has 0 amide bonds. The van der Waals surface area contributed by atoms with E-state index in [-0.39, 0.29) is 17.7 Å². The van der Waals surface area contributed by atoms with Crippen LogP contribution in [0, 0.1) is 0 Å². The maximum absolute atomic E-state index is 12.0. The summed E-state index contributed by atoms with van der Waals surface area (Å²) in [5, 5.41) is 9.39. The predicted octanol–water partition coefficient (Wildman–Crippen LogP) is -0.0647. The van der Waals surface area contributed by atoms with Gasteiger partial charge >= 0.3 is 0 Å². The van der Waals surface area contributed by atoms with E-state index in [9.17, 15) is 13.5 Å². The lowest BCUT2D eigenvalue weighted by Gasteiger charge is -2.34. The molecule has 1 aliphatic rings. The minimum Gasteiger partial charge on any atom is -0.395 e. The molecule has 0 saturated carbocycles. The Bertz CT molecular complexity index is 543. The zero-order valence-corrected chi connectivity index (χ0v) is 13.2. The van der Waals surface area contributed by atoms with Gasteiger partial charge in [-0.15, -0.1) is 0 Å². The number of nitrogens with one attached hydrogen (secondary N) is 1. The first-order chi connectivity index (χ1) is 10.0. The number of imidazole rings is 1. The van der Waals surface area contributed by atoms with Crippen LogP contribution in [0.3, 0.4) is 0 Å². The molecule has 1 saturated heterocycles. The van der Waals surface area contributed by atoms with E-state index in [0.717, 1.165) is 38.8 Å². The molecule has 0 aromatic carbocycles. The molecule has 1 aliphatic heterocycles. The third-order valence-electron chi connectivity index (χ3n) is 3.83. The molecule has 1 atom stereocenters. The number of hydrogen-bond acceptors (Lipinski definition) is 5. The number of piperidine rings is 1. The Morgan fingerprint density at radius 3 is 2.95 bits per heavy atom. The lowest BCUT2D eigenvalue weighted by molar-refractivity contribution is 0.0896. The van der Waals surface area contributed by atoms with Crippen LogP contribution < -0.4 is 4.72 Å². The third kappa shape index (κ3) is 4.50. The van der Waals surface area contributed by atoms with Gasteiger partial charge in [-0.05, 0) is 32.4 Å². The van der Waals surface area contributed by atoms with Gasteiger partial charge in [0.05, 0.1) is 12.9 Å². The second-order valence-electron chi connectivity index (χ2n) is 5.50. The summed E-state index contributed by atoms with van der Waals surface area (Å²) in [6, 6.07) is 0.228. The Balaban J connectivity index is 1.76. The zero-order valence-electron chi connectivity index (χ0n) is 12.4. The highest BCUT2D eigenvalue weighted by Gasteiger charge is 2.21. The fourth-order valence-corrected chi connectivity index (χ4v) is 3.70. The second kappa shape index (κ2) is 7.35. The van der Waals surface area contributed by atoms with E-state index in [4.69, 9.17) is 0 Å². The van der Waals surface area contributed by atoms with Gasteiger partial charge in [-0.2, -0.15) is 0 Å². The van der Waals surface area contributed by atoms with Crippen LogP contribution in [0.1, 0.15) is 25.7 Å². The van der Waals surface area contributed by atoms with E-state index in [1.54, 1.807) is 11.6 Å². The van der Waals surface area contributed by atoms with E-state index in [1.165, 1.54) is 12.5 Å². The van der Waals surface area contributed by atoms with Crippen LogP contribution in [0.2, 0.25) is 0 Å². The summed E-state index contributed by atoms with van der Waals surface area (Å²) in [7, 11) is -1.78. The van der Waals surface area contributed by atoms with Gasteiger partial charge in [-0.25, -0.2) is 18.1 Å². The predicted molar refractivity (Wildman–Crippen MR) is 79.3 cm³/mol. The third-order valence-corrected chi connectivity index (χ3v) is 5.18. The van der Waals surface area contributed by atoms with E-state index < -0.39 is 10.0 Å². The largest absolute Gasteiger partial charge is 0.395 e. The van der Waals surface area contributed by atoms with Crippen LogP contribution in [0.15, 0.2) is 17.6 Å². The molecule has 8 heteroatoms. The summed E-state index contributed by atoms with van der Waals surface area (Å²) in [5.74, 6) is 0. The average molecular weight is 316 g/mol. The SMILES string of the molecule is Cn1cnc(S(=O)(=O)NCCCN2CCCCC2CO)c1. The van der Waals surface area contributed by atoms with Crippen LogP contribution >= 0.6 is 0 Å². The highest BCUT2D eigenvalue weighted by molar-refractivity contribution is 7.89. The van der Waals surface area contributed by atoms with Gasteiger partial charge in [0.1, 0.15) is 0 Å². The van der Waals surface area contributed by atoms with E-state index in [1.807, 2.05) is 0 Å². The van der Waals surface area contributed by atoms with E-state index in [2.05, 4.69) is 14.6 Å². The Hall–Kier alpha value is -0.960. The summed E-state index contributed by atoms with van der Waals surface area (Å²) in [6.07, 6.45) is 7.01. The maximum atomic E-state index is 12.0. The monoisotopic (exact) mass is 316 g/mol. The Kier molecular flexibility index (Phi) is 5.74. The van der Waals surface area contributed by atoms with Gasteiger partial charge < -0.3 is 9.67 Å². The number of nitrogens with zero attached hydrogens (tertiary/aromatic N) is 3. The van der Waals surface area contributed by atoms with Gasteiger partial charge in [-0.1, -0.05) is 6.42 Å².